The van der Waals surface area contributed by atoms with Crippen LogP contribution >= 0.6 is 23.2 Å². The SMILES string of the molecule is COc1ccc(Cl)cc1NC(=O)C[NH+](C)CC(=O)Nc1ccc(C)cc1Cl. The van der Waals surface area contributed by atoms with Gasteiger partial charge in [-0.15, -0.1) is 0 Å². The Morgan fingerprint density at radius 3 is 2.22 bits per heavy atom. The second-order valence-electron chi connectivity index (χ2n) is 6.23. The van der Waals surface area contributed by atoms with Gasteiger partial charge < -0.3 is 20.3 Å². The molecule has 2 aromatic carbocycles. The molecular weight excluding hydrogens is 389 g/mol. The zero-order chi connectivity index (χ0) is 20.0. The van der Waals surface area contributed by atoms with Crippen LogP contribution in [-0.4, -0.2) is 39.1 Å². The van der Waals surface area contributed by atoms with Gasteiger partial charge in [0.25, 0.3) is 11.8 Å². The monoisotopic (exact) mass is 410 g/mol. The second-order valence-corrected chi connectivity index (χ2v) is 7.08. The van der Waals surface area contributed by atoms with Crippen LogP contribution in [0.4, 0.5) is 11.4 Å². The zero-order valence-corrected chi connectivity index (χ0v) is 16.9. The lowest BCUT2D eigenvalue weighted by atomic mass is 10.2. The van der Waals surface area contributed by atoms with Crippen LogP contribution in [0.2, 0.25) is 10.0 Å². The highest BCUT2D eigenvalue weighted by Gasteiger charge is 2.16. The van der Waals surface area contributed by atoms with Gasteiger partial charge >= 0.3 is 0 Å². The highest BCUT2D eigenvalue weighted by atomic mass is 35.5. The van der Waals surface area contributed by atoms with E-state index in [0.29, 0.717) is 32.1 Å². The molecule has 3 N–H and O–H groups in total. The first-order valence-electron chi connectivity index (χ1n) is 8.29. The molecule has 0 aliphatic rings. The topological polar surface area (TPSA) is 71.9 Å². The molecule has 0 aromatic heterocycles. The maximum atomic E-state index is 12.3. The molecule has 0 aliphatic heterocycles. The van der Waals surface area contributed by atoms with Crippen LogP contribution in [0.15, 0.2) is 36.4 Å². The van der Waals surface area contributed by atoms with Crippen molar-refractivity contribution in [2.45, 2.75) is 6.92 Å². The molecule has 27 heavy (non-hydrogen) atoms. The van der Waals surface area contributed by atoms with Gasteiger partial charge in [0.05, 0.1) is 30.6 Å². The maximum Gasteiger partial charge on any atom is 0.279 e. The Bertz CT molecular complexity index is 843. The van der Waals surface area contributed by atoms with Gasteiger partial charge in [-0.25, -0.2) is 0 Å². The number of anilines is 2. The number of carbonyl (C=O) groups excluding carboxylic acids is 2. The number of methoxy groups -OCH3 is 1. The largest absolute Gasteiger partial charge is 0.495 e. The Balaban J connectivity index is 1.89. The molecule has 0 saturated carbocycles. The van der Waals surface area contributed by atoms with Crippen molar-refractivity contribution in [2.24, 2.45) is 0 Å². The molecular formula is C19H22Cl2N3O3+. The van der Waals surface area contributed by atoms with Crippen molar-refractivity contribution in [1.29, 1.82) is 0 Å². The Morgan fingerprint density at radius 2 is 1.63 bits per heavy atom. The lowest BCUT2D eigenvalue weighted by Gasteiger charge is -2.15. The van der Waals surface area contributed by atoms with Crippen molar-refractivity contribution in [3.05, 3.63) is 52.0 Å². The van der Waals surface area contributed by atoms with E-state index in [1.54, 1.807) is 37.4 Å². The minimum Gasteiger partial charge on any atom is -0.495 e. The summed E-state index contributed by atoms with van der Waals surface area (Å²) in [6.07, 6.45) is 0. The van der Waals surface area contributed by atoms with E-state index in [9.17, 15) is 9.59 Å². The smallest absolute Gasteiger partial charge is 0.279 e. The van der Waals surface area contributed by atoms with Gasteiger partial charge in [0.15, 0.2) is 13.1 Å². The van der Waals surface area contributed by atoms with E-state index in [1.807, 2.05) is 13.0 Å². The fraction of sp³-hybridized carbons (Fsp3) is 0.263. The summed E-state index contributed by atoms with van der Waals surface area (Å²) in [5.41, 5.74) is 2.04. The van der Waals surface area contributed by atoms with Crippen LogP contribution < -0.4 is 20.3 Å². The number of nitrogens with one attached hydrogen (secondary N) is 3. The summed E-state index contributed by atoms with van der Waals surface area (Å²) in [6.45, 7) is 2.14. The van der Waals surface area contributed by atoms with Crippen molar-refractivity contribution < 1.29 is 19.2 Å². The average molecular weight is 411 g/mol. The number of amides is 2. The molecule has 2 amide bonds. The molecule has 144 valence electrons. The highest BCUT2D eigenvalue weighted by Crippen LogP contribution is 2.27. The predicted molar refractivity (Wildman–Crippen MR) is 108 cm³/mol. The van der Waals surface area contributed by atoms with Crippen LogP contribution in [0.25, 0.3) is 0 Å². The zero-order valence-electron chi connectivity index (χ0n) is 15.4. The van der Waals surface area contributed by atoms with Gasteiger partial charge in [-0.1, -0.05) is 29.3 Å². The number of benzene rings is 2. The molecule has 0 bridgehead atoms. The highest BCUT2D eigenvalue weighted by molar-refractivity contribution is 6.33. The van der Waals surface area contributed by atoms with Crippen LogP contribution in [0, 0.1) is 6.92 Å². The van der Waals surface area contributed by atoms with Crippen LogP contribution in [0.3, 0.4) is 0 Å². The van der Waals surface area contributed by atoms with Crippen LogP contribution in [0.5, 0.6) is 5.75 Å². The Hall–Kier alpha value is -2.28. The molecule has 2 aromatic rings. The molecule has 6 nitrogen and oxygen atoms in total. The summed E-state index contributed by atoms with van der Waals surface area (Å²) in [6, 6.07) is 10.4. The number of hydrogen-bond donors (Lipinski definition) is 3. The first-order chi connectivity index (χ1) is 12.8. The summed E-state index contributed by atoms with van der Waals surface area (Å²) in [4.78, 5) is 25.2. The number of halogens is 2. The molecule has 0 radical (unpaired) electrons. The van der Waals surface area contributed by atoms with Gasteiger partial charge in [0.1, 0.15) is 5.75 Å². The number of ether oxygens (including phenoxy) is 1. The molecule has 8 heteroatoms. The third-order valence-corrected chi connectivity index (χ3v) is 4.31. The van der Waals surface area contributed by atoms with Crippen molar-refractivity contribution in [3.8, 4) is 5.75 Å². The second kappa shape index (κ2) is 9.60. The fourth-order valence-electron chi connectivity index (χ4n) is 2.50. The van der Waals surface area contributed by atoms with Gasteiger partial charge in [-0.3, -0.25) is 9.59 Å². The van der Waals surface area contributed by atoms with E-state index in [4.69, 9.17) is 27.9 Å². The molecule has 1 unspecified atom stereocenters. The summed E-state index contributed by atoms with van der Waals surface area (Å²) in [7, 11) is 3.27. The van der Waals surface area contributed by atoms with E-state index >= 15 is 0 Å². The number of rotatable bonds is 7. The minimum atomic E-state index is -0.255. The first kappa shape index (κ1) is 21.0. The average Bonchev–Trinajstić information content (AvgIpc) is 2.57. The minimum absolute atomic E-state index is 0.102. The van der Waals surface area contributed by atoms with Crippen LogP contribution in [-0.2, 0) is 9.59 Å². The lowest BCUT2D eigenvalue weighted by molar-refractivity contribution is -0.862. The first-order valence-corrected chi connectivity index (χ1v) is 9.04. The molecule has 0 fully saturated rings. The number of quaternary nitrogens is 1. The molecule has 0 heterocycles. The molecule has 2 rings (SSSR count). The van der Waals surface area contributed by atoms with Gasteiger partial charge in [0.2, 0.25) is 0 Å². The van der Waals surface area contributed by atoms with Gasteiger partial charge in [-0.05, 0) is 42.8 Å². The van der Waals surface area contributed by atoms with Crippen molar-refractivity contribution in [2.75, 3.05) is 37.9 Å². The summed E-state index contributed by atoms with van der Waals surface area (Å²) >= 11 is 12.1. The third kappa shape index (κ3) is 6.43. The van der Waals surface area contributed by atoms with E-state index in [1.165, 1.54) is 7.11 Å². The van der Waals surface area contributed by atoms with Crippen LogP contribution in [0.1, 0.15) is 5.56 Å². The number of hydrogen-bond acceptors (Lipinski definition) is 3. The van der Waals surface area contributed by atoms with Crippen molar-refractivity contribution >= 4 is 46.4 Å². The Labute approximate surface area is 168 Å². The lowest BCUT2D eigenvalue weighted by Crippen LogP contribution is -3.11. The van der Waals surface area contributed by atoms with Crippen molar-refractivity contribution in [1.82, 2.24) is 0 Å². The number of carbonyl (C=O) groups is 2. The molecule has 0 aliphatic carbocycles. The summed E-state index contributed by atoms with van der Waals surface area (Å²) in [5.74, 6) is 0.0257. The maximum absolute atomic E-state index is 12.3. The standard InChI is InChI=1S/C19H21Cl2N3O3/c1-12-4-6-15(14(21)8-12)22-18(25)10-24(2)11-19(26)23-16-9-13(20)5-7-17(16)27-3/h4-9H,10-11H2,1-3H3,(H,22,25)(H,23,26)/p+1. The van der Waals surface area contributed by atoms with E-state index < -0.39 is 0 Å². The third-order valence-electron chi connectivity index (χ3n) is 3.76. The van der Waals surface area contributed by atoms with Gasteiger partial charge in [-0.2, -0.15) is 0 Å². The quantitative estimate of drug-likeness (QED) is 0.656. The van der Waals surface area contributed by atoms with E-state index in [2.05, 4.69) is 10.6 Å². The summed E-state index contributed by atoms with van der Waals surface area (Å²) in [5, 5.41) is 6.47. The molecule has 0 saturated heterocycles. The Kier molecular flexibility index (Phi) is 7.47. The van der Waals surface area contributed by atoms with Gasteiger partial charge in [0, 0.05) is 5.02 Å². The number of likely N-dealkylation sites (N-methyl/N-ethyl adjacent to an activating group) is 1. The van der Waals surface area contributed by atoms with Crippen molar-refractivity contribution in [3.63, 3.8) is 0 Å². The number of aryl methyl sites for hydroxylation is 1. The fourth-order valence-corrected chi connectivity index (χ4v) is 2.95. The summed E-state index contributed by atoms with van der Waals surface area (Å²) < 4.78 is 5.20. The molecule has 0 spiro atoms. The van der Waals surface area contributed by atoms with E-state index in [0.717, 1.165) is 5.56 Å². The van der Waals surface area contributed by atoms with E-state index in [-0.39, 0.29) is 24.9 Å². The normalized spacial score (nSPS) is 11.6. The predicted octanol–water partition coefficient (Wildman–Crippen LogP) is 2.40. The Morgan fingerprint density at radius 1 is 1.00 bits per heavy atom. The molecule has 1 atom stereocenters.